The van der Waals surface area contributed by atoms with Gasteiger partial charge in [-0.25, -0.2) is 0 Å². The van der Waals surface area contributed by atoms with E-state index in [1.807, 2.05) is 172 Å². The molecule has 6 rings (SSSR count). The summed E-state index contributed by atoms with van der Waals surface area (Å²) in [6.45, 7) is 26.2. The highest BCUT2D eigenvalue weighted by Gasteiger charge is 2.14. The highest BCUT2D eigenvalue weighted by Crippen LogP contribution is 2.33. The lowest BCUT2D eigenvalue weighted by Gasteiger charge is -2.18. The number of benzene rings is 6. The van der Waals surface area contributed by atoms with Crippen molar-refractivity contribution in [1.29, 1.82) is 0 Å². The third-order valence-corrected chi connectivity index (χ3v) is 13.4. The topological polar surface area (TPSA) is 317 Å². The molecule has 95 heavy (non-hydrogen) atoms. The number of aromatic hydroxyl groups is 1. The van der Waals surface area contributed by atoms with E-state index in [1.165, 1.54) is 0 Å². The van der Waals surface area contributed by atoms with Gasteiger partial charge in [-0.3, -0.25) is 4.79 Å². The lowest BCUT2D eigenvalue weighted by atomic mass is 10.1. The van der Waals surface area contributed by atoms with Gasteiger partial charge in [0.15, 0.2) is 64.9 Å². The number of nitrogens with one attached hydrogen (secondary N) is 1. The lowest BCUT2D eigenvalue weighted by molar-refractivity contribution is -0.195. The molecule has 0 heterocycles. The van der Waals surface area contributed by atoms with E-state index in [-0.39, 0.29) is 43.9 Å². The SMILES string of the molecule is CCOC(CBr)OCC.CCOc1ccccc1O.CCOc1ccccc1OCC(OCC)OCC.CCOc1ccccc1OCC=O.CCOc1ccccc1OCCNC(C)Cc1ccc(OC)c(SOON)c1.COc1ccc(CC(C)N)cc1SOON.[HH].[OH3+]. The standard InChI is InChI=1S/C20H28N2O5S.C14H22O4.C10H16N2O3S.C10H12O3.C8H10O2.C6H13BrO2.H2O.H2/c1-4-24-17-7-5-6-8-18(17)25-12-11-22-15(2)13-16-9-10-19(23-3)20(14-16)28-27-26-21;1-4-15-12-9-7-8-10-13(12)18-11-14(16-5-2)17-6-3;1-7(11)5-8-3-4-9(13-2)10(6-8)16-15-14-12;1-2-12-9-5-3-4-6-10(9)13-8-7-11;1-2-10-8-6-4-3-5-7(8)9;1-3-8-6(5-7)9-4-2;;/h5-10,14-15,22H,4,11-13,21H2,1-3H3;7-10,14H,4-6,11H2,1-3H3;3-4,6-7H,5,11-12H2,1-2H3;3-7H,2,8H2,1H3;3-6,9H,2H2,1H3;6H,3-5H2,1-2H3;1H2;1H/p+1. The van der Waals surface area contributed by atoms with Crippen LogP contribution in [0.4, 0.5) is 0 Å². The van der Waals surface area contributed by atoms with Gasteiger partial charge in [0.1, 0.15) is 31.3 Å². The van der Waals surface area contributed by atoms with Crippen LogP contribution in [0.25, 0.3) is 0 Å². The summed E-state index contributed by atoms with van der Waals surface area (Å²) in [4.78, 5) is 19.9. The van der Waals surface area contributed by atoms with Crippen molar-refractivity contribution in [3.05, 3.63) is 145 Å². The fourth-order valence-corrected chi connectivity index (χ4v) is 9.24. The summed E-state index contributed by atoms with van der Waals surface area (Å²) >= 11 is 5.28. The monoisotopic (exact) mass is 1440 g/mol. The zero-order valence-electron chi connectivity index (χ0n) is 57.0. The molecule has 0 spiro atoms. The van der Waals surface area contributed by atoms with Crippen molar-refractivity contribution in [2.75, 3.05) is 98.8 Å². The van der Waals surface area contributed by atoms with Crippen molar-refractivity contribution in [3.63, 3.8) is 0 Å². The molecule has 0 aliphatic rings. The zero-order chi connectivity index (χ0) is 69.4. The first-order chi connectivity index (χ1) is 45.7. The van der Waals surface area contributed by atoms with Gasteiger partial charge < -0.3 is 83.2 Å². The predicted molar refractivity (Wildman–Crippen MR) is 378 cm³/mol. The fraction of sp³-hybridized carbons (Fsp3) is 0.456. The average molecular weight is 1440 g/mol. The van der Waals surface area contributed by atoms with E-state index in [2.05, 4.69) is 42.5 Å². The largest absolute Gasteiger partial charge is 0.504 e. The van der Waals surface area contributed by atoms with E-state index >= 15 is 0 Å². The number of alkyl halides is 1. The van der Waals surface area contributed by atoms with Gasteiger partial charge >= 0.3 is 0 Å². The molecule has 11 N–H and O–H groups in total. The third-order valence-electron chi connectivity index (χ3n) is 11.6. The van der Waals surface area contributed by atoms with Gasteiger partial charge in [-0.15, -0.1) is 18.6 Å². The van der Waals surface area contributed by atoms with Crippen molar-refractivity contribution >= 4 is 46.3 Å². The summed E-state index contributed by atoms with van der Waals surface area (Å²) in [5.74, 6) is 16.1. The molecule has 0 saturated heterocycles. The number of rotatable bonds is 40. The minimum atomic E-state index is -0.338. The van der Waals surface area contributed by atoms with Gasteiger partial charge in [0.2, 0.25) is 0 Å². The van der Waals surface area contributed by atoms with E-state index in [0.717, 1.165) is 87.0 Å². The first-order valence-corrected chi connectivity index (χ1v) is 33.5. The maximum absolute atomic E-state index is 10.1. The number of nitrogens with two attached hydrogens (primary N) is 3. The number of carbonyl (C=O) groups is 1. The summed E-state index contributed by atoms with van der Waals surface area (Å²) in [5.41, 5.74) is 7.99. The van der Waals surface area contributed by atoms with E-state index in [0.29, 0.717) is 107 Å². The van der Waals surface area contributed by atoms with E-state index in [9.17, 15) is 4.79 Å². The van der Waals surface area contributed by atoms with Crippen molar-refractivity contribution in [2.45, 2.75) is 117 Å². The van der Waals surface area contributed by atoms with E-state index in [4.69, 9.17) is 88.5 Å². The van der Waals surface area contributed by atoms with Gasteiger partial charge in [-0.2, -0.15) is 11.8 Å². The molecule has 0 bridgehead atoms. The second-order valence-corrected chi connectivity index (χ2v) is 20.9. The van der Waals surface area contributed by atoms with Gasteiger partial charge in [0, 0.05) is 46.5 Å². The molecule has 24 nitrogen and oxygen atoms in total. The molecule has 6 aromatic carbocycles. The van der Waals surface area contributed by atoms with E-state index in [1.54, 1.807) is 38.5 Å². The van der Waals surface area contributed by atoms with Gasteiger partial charge in [0.05, 0.1) is 79.9 Å². The molecule has 536 valence electrons. The normalized spacial score (nSPS) is 10.9. The first-order valence-electron chi connectivity index (χ1n) is 30.9. The Balaban J connectivity index is 0. The molecular weight excluding hydrogens is 1340 g/mol. The van der Waals surface area contributed by atoms with Crippen LogP contribution in [0.2, 0.25) is 0 Å². The molecule has 0 radical (unpaired) electrons. The molecule has 0 fully saturated rings. The molecule has 2 atom stereocenters. The number of carbonyl (C=O) groups excluding carboxylic acids is 1. The zero-order valence-corrected chi connectivity index (χ0v) is 60.2. The second kappa shape index (κ2) is 59.0. The maximum atomic E-state index is 10.1. The summed E-state index contributed by atoms with van der Waals surface area (Å²) in [6, 6.07) is 41.5. The number of hydrogen-bond acceptors (Lipinski definition) is 25. The van der Waals surface area contributed by atoms with Crippen LogP contribution in [0.3, 0.4) is 0 Å². The van der Waals surface area contributed by atoms with Crippen molar-refractivity contribution in [2.24, 2.45) is 17.5 Å². The Bertz CT molecular complexity index is 2820. The van der Waals surface area contributed by atoms with Crippen LogP contribution in [0.15, 0.2) is 143 Å². The minimum absolute atomic E-state index is 0. The van der Waals surface area contributed by atoms with Gasteiger partial charge in [-0.05, 0) is 166 Å². The Morgan fingerprint density at radius 3 is 1.26 bits per heavy atom. The number of halogens is 1. The first kappa shape index (κ1) is 88.6. The molecule has 0 aromatic heterocycles. The van der Waals surface area contributed by atoms with E-state index < -0.39 is 0 Å². The molecule has 27 heteroatoms. The van der Waals surface area contributed by atoms with Crippen LogP contribution in [0.1, 0.15) is 81.8 Å². The molecule has 0 aliphatic carbocycles. The van der Waals surface area contributed by atoms with Crippen LogP contribution in [0.5, 0.6) is 57.5 Å². The Labute approximate surface area is 580 Å². The molecule has 2 unspecified atom stereocenters. The van der Waals surface area contributed by atoms with Gasteiger partial charge in [0.25, 0.3) is 0 Å². The highest BCUT2D eigenvalue weighted by molar-refractivity contribution is 9.09. The summed E-state index contributed by atoms with van der Waals surface area (Å²) in [6.07, 6.45) is 1.94. The molecule has 0 saturated carbocycles. The maximum Gasteiger partial charge on any atom is 0.191 e. The smallest absolute Gasteiger partial charge is 0.191 e. The summed E-state index contributed by atoms with van der Waals surface area (Å²) in [5, 5.41) is 13.3. The summed E-state index contributed by atoms with van der Waals surface area (Å²) in [7, 11) is 3.20. The summed E-state index contributed by atoms with van der Waals surface area (Å²) < 4.78 is 79.1. The Kier molecular flexibility index (Phi) is 55.0. The number of phenolic OH excluding ortho intramolecular Hbond substituents is 1. The third kappa shape index (κ3) is 40.7. The van der Waals surface area contributed by atoms with Crippen LogP contribution < -0.4 is 65.5 Å². The number of methoxy groups -OCH3 is 2. The van der Waals surface area contributed by atoms with Crippen molar-refractivity contribution in [1.82, 2.24) is 5.32 Å². The van der Waals surface area contributed by atoms with Crippen LogP contribution in [-0.2, 0) is 60.7 Å². The molecular formula is C68H106BrN4O20S2+. The van der Waals surface area contributed by atoms with Crippen LogP contribution in [-0.4, -0.2) is 135 Å². The quantitative estimate of drug-likeness (QED) is 0.00349. The van der Waals surface area contributed by atoms with Crippen molar-refractivity contribution < 1.29 is 97.0 Å². The van der Waals surface area contributed by atoms with Crippen LogP contribution >= 0.6 is 40.0 Å². The predicted octanol–water partition coefficient (Wildman–Crippen LogP) is 12.4. The molecule has 0 aliphatic heterocycles. The minimum Gasteiger partial charge on any atom is -0.504 e. The molecule has 0 amide bonds. The Morgan fingerprint density at radius 2 is 0.884 bits per heavy atom. The number of phenols is 1. The number of aldehydes is 1. The van der Waals surface area contributed by atoms with Gasteiger partial charge in [-0.1, -0.05) is 76.6 Å². The lowest BCUT2D eigenvalue weighted by Crippen LogP contribution is -2.31. The number of para-hydroxylation sites is 8. The average Bonchev–Trinajstić information content (AvgIpc) is 1.29. The molecule has 6 aromatic rings. The Hall–Kier alpha value is -6.35. The number of hydrogen-bond donors (Lipinski definition) is 5. The number of ether oxygens (including phenoxy) is 13. The second-order valence-electron chi connectivity index (χ2n) is 18.7. The fourth-order valence-electron chi connectivity index (χ4n) is 7.78. The van der Waals surface area contributed by atoms with Crippen LogP contribution in [0, 0.1) is 0 Å². The highest BCUT2D eigenvalue weighted by atomic mass is 79.9. The Morgan fingerprint density at radius 1 is 0.505 bits per heavy atom. The van der Waals surface area contributed by atoms with Crippen molar-refractivity contribution in [3.8, 4) is 57.5 Å².